The highest BCUT2D eigenvalue weighted by molar-refractivity contribution is 6.36. The van der Waals surface area contributed by atoms with Crippen LogP contribution in [0, 0.1) is 0 Å². The molecule has 2 heterocycles. The van der Waals surface area contributed by atoms with E-state index in [-0.39, 0.29) is 11.8 Å². The molecule has 1 aromatic carbocycles. The SMILES string of the molecule is CC(=O)c1cc(Cl)c2cccnc2c1N1CCC(N)CC1. The molecule has 1 aromatic heterocycles. The largest absolute Gasteiger partial charge is 0.369 e. The minimum Gasteiger partial charge on any atom is -0.369 e. The molecule has 0 aliphatic carbocycles. The third-order valence-electron chi connectivity index (χ3n) is 4.05. The Kier molecular flexibility index (Phi) is 3.83. The van der Waals surface area contributed by atoms with Crippen molar-refractivity contribution in [3.05, 3.63) is 35.0 Å². The number of nitrogens with two attached hydrogens (primary N) is 1. The summed E-state index contributed by atoms with van der Waals surface area (Å²) < 4.78 is 0. The molecule has 3 rings (SSSR count). The lowest BCUT2D eigenvalue weighted by atomic mass is 10.00. The van der Waals surface area contributed by atoms with Gasteiger partial charge in [-0.15, -0.1) is 0 Å². The second kappa shape index (κ2) is 5.62. The molecular weight excluding hydrogens is 286 g/mol. The van der Waals surface area contributed by atoms with Gasteiger partial charge in [0.25, 0.3) is 0 Å². The Morgan fingerprint density at radius 2 is 2.14 bits per heavy atom. The van der Waals surface area contributed by atoms with Crippen LogP contribution in [0.3, 0.4) is 0 Å². The average molecular weight is 304 g/mol. The number of nitrogens with zero attached hydrogens (tertiary/aromatic N) is 2. The van der Waals surface area contributed by atoms with E-state index in [2.05, 4.69) is 9.88 Å². The average Bonchev–Trinajstić information content (AvgIpc) is 2.48. The molecule has 0 saturated carbocycles. The van der Waals surface area contributed by atoms with Gasteiger partial charge < -0.3 is 10.6 Å². The molecule has 0 spiro atoms. The second-order valence-corrected chi connectivity index (χ2v) is 5.94. The number of hydrogen-bond acceptors (Lipinski definition) is 4. The number of fused-ring (bicyclic) bond motifs is 1. The maximum absolute atomic E-state index is 12.0. The van der Waals surface area contributed by atoms with E-state index in [1.165, 1.54) is 0 Å². The fourth-order valence-electron chi connectivity index (χ4n) is 2.90. The van der Waals surface area contributed by atoms with E-state index in [9.17, 15) is 4.79 Å². The zero-order valence-electron chi connectivity index (χ0n) is 12.0. The highest BCUT2D eigenvalue weighted by Crippen LogP contribution is 2.36. The highest BCUT2D eigenvalue weighted by atomic mass is 35.5. The molecule has 0 bridgehead atoms. The number of halogens is 1. The number of benzene rings is 1. The molecule has 1 aliphatic rings. The topological polar surface area (TPSA) is 59.2 Å². The molecule has 4 nitrogen and oxygen atoms in total. The molecule has 0 amide bonds. The van der Waals surface area contributed by atoms with Crippen LogP contribution in [0.5, 0.6) is 0 Å². The standard InChI is InChI=1S/C16H18ClN3O/c1-10(21)13-9-14(17)12-3-2-6-19-15(12)16(13)20-7-4-11(18)5-8-20/h2-3,6,9,11H,4-5,7-8,18H2,1H3. The van der Waals surface area contributed by atoms with Crippen LogP contribution in [-0.2, 0) is 0 Å². The van der Waals surface area contributed by atoms with Crippen LogP contribution in [0.4, 0.5) is 5.69 Å². The molecule has 0 unspecified atom stereocenters. The van der Waals surface area contributed by atoms with Crippen molar-refractivity contribution in [3.63, 3.8) is 0 Å². The molecular formula is C16H18ClN3O. The smallest absolute Gasteiger partial charge is 0.162 e. The third-order valence-corrected chi connectivity index (χ3v) is 4.36. The number of hydrogen-bond donors (Lipinski definition) is 1. The van der Waals surface area contributed by atoms with Gasteiger partial charge in [-0.25, -0.2) is 0 Å². The van der Waals surface area contributed by atoms with Crippen LogP contribution < -0.4 is 10.6 Å². The number of piperidine rings is 1. The summed E-state index contributed by atoms with van der Waals surface area (Å²) in [6.07, 6.45) is 3.59. The predicted molar refractivity (Wildman–Crippen MR) is 86.2 cm³/mol. The lowest BCUT2D eigenvalue weighted by molar-refractivity contribution is 0.101. The fraction of sp³-hybridized carbons (Fsp3) is 0.375. The number of carbonyl (C=O) groups excluding carboxylic acids is 1. The summed E-state index contributed by atoms with van der Waals surface area (Å²) >= 11 is 6.31. The van der Waals surface area contributed by atoms with Crippen molar-refractivity contribution in [1.82, 2.24) is 4.98 Å². The maximum atomic E-state index is 12.0. The van der Waals surface area contributed by atoms with Crippen molar-refractivity contribution in [3.8, 4) is 0 Å². The second-order valence-electron chi connectivity index (χ2n) is 5.53. The Morgan fingerprint density at radius 1 is 1.43 bits per heavy atom. The van der Waals surface area contributed by atoms with E-state index < -0.39 is 0 Å². The molecule has 1 saturated heterocycles. The van der Waals surface area contributed by atoms with E-state index in [0.29, 0.717) is 10.6 Å². The number of rotatable bonds is 2. The van der Waals surface area contributed by atoms with Crippen LogP contribution in [-0.4, -0.2) is 29.9 Å². The van der Waals surface area contributed by atoms with E-state index in [1.807, 2.05) is 12.1 Å². The normalized spacial score (nSPS) is 16.4. The minimum absolute atomic E-state index is 0.00863. The molecule has 110 valence electrons. The van der Waals surface area contributed by atoms with Gasteiger partial charge in [-0.05, 0) is 38.0 Å². The molecule has 1 fully saturated rings. The Morgan fingerprint density at radius 3 is 2.81 bits per heavy atom. The molecule has 2 aromatic rings. The van der Waals surface area contributed by atoms with Gasteiger partial charge in [0.1, 0.15) is 0 Å². The Labute approximate surface area is 128 Å². The van der Waals surface area contributed by atoms with Crippen LogP contribution in [0.2, 0.25) is 5.02 Å². The van der Waals surface area contributed by atoms with Gasteiger partial charge in [-0.1, -0.05) is 11.6 Å². The summed E-state index contributed by atoms with van der Waals surface area (Å²) in [5.74, 6) is 0.00863. The van der Waals surface area contributed by atoms with Gasteiger partial charge in [-0.2, -0.15) is 0 Å². The summed E-state index contributed by atoms with van der Waals surface area (Å²) in [7, 11) is 0. The maximum Gasteiger partial charge on any atom is 0.162 e. The van der Waals surface area contributed by atoms with Crippen molar-refractivity contribution in [1.29, 1.82) is 0 Å². The highest BCUT2D eigenvalue weighted by Gasteiger charge is 2.23. The first-order valence-corrected chi connectivity index (χ1v) is 7.54. The zero-order valence-corrected chi connectivity index (χ0v) is 12.7. The lowest BCUT2D eigenvalue weighted by Crippen LogP contribution is -2.40. The molecule has 2 N–H and O–H groups in total. The fourth-order valence-corrected chi connectivity index (χ4v) is 3.16. The quantitative estimate of drug-likeness (QED) is 0.866. The van der Waals surface area contributed by atoms with Gasteiger partial charge in [0, 0.05) is 36.3 Å². The summed E-state index contributed by atoms with van der Waals surface area (Å²) in [6.45, 7) is 3.25. The van der Waals surface area contributed by atoms with E-state index >= 15 is 0 Å². The molecule has 1 aliphatic heterocycles. The third kappa shape index (κ3) is 2.61. The van der Waals surface area contributed by atoms with Crippen molar-refractivity contribution >= 4 is 34.0 Å². The summed E-state index contributed by atoms with van der Waals surface area (Å²) in [6, 6.07) is 5.80. The number of anilines is 1. The first-order valence-electron chi connectivity index (χ1n) is 7.16. The minimum atomic E-state index is 0.00863. The predicted octanol–water partition coefficient (Wildman–Crippen LogP) is 3.02. The van der Waals surface area contributed by atoms with E-state index in [1.54, 1.807) is 19.2 Å². The Balaban J connectivity index is 2.20. The monoisotopic (exact) mass is 303 g/mol. The molecule has 21 heavy (non-hydrogen) atoms. The first-order chi connectivity index (χ1) is 10.1. The van der Waals surface area contributed by atoms with E-state index in [0.717, 1.165) is 42.5 Å². The summed E-state index contributed by atoms with van der Waals surface area (Å²) in [4.78, 5) is 18.7. The van der Waals surface area contributed by atoms with Gasteiger partial charge >= 0.3 is 0 Å². The van der Waals surface area contributed by atoms with Crippen molar-refractivity contribution < 1.29 is 4.79 Å². The Hall–Kier alpha value is -1.65. The van der Waals surface area contributed by atoms with Crippen LogP contribution >= 0.6 is 11.6 Å². The molecule has 0 atom stereocenters. The summed E-state index contributed by atoms with van der Waals surface area (Å²) in [5, 5.41) is 1.45. The zero-order chi connectivity index (χ0) is 15.0. The van der Waals surface area contributed by atoms with E-state index in [4.69, 9.17) is 17.3 Å². The molecule has 0 radical (unpaired) electrons. The first kappa shape index (κ1) is 14.3. The van der Waals surface area contributed by atoms with Crippen LogP contribution in [0.15, 0.2) is 24.4 Å². The van der Waals surface area contributed by atoms with Gasteiger partial charge in [-0.3, -0.25) is 9.78 Å². The summed E-state index contributed by atoms with van der Waals surface area (Å²) in [5.41, 5.74) is 8.31. The van der Waals surface area contributed by atoms with Gasteiger partial charge in [0.2, 0.25) is 0 Å². The number of aromatic nitrogens is 1. The van der Waals surface area contributed by atoms with Gasteiger partial charge in [0.05, 0.1) is 16.2 Å². The lowest BCUT2D eigenvalue weighted by Gasteiger charge is -2.33. The Bertz CT molecular complexity index is 693. The van der Waals surface area contributed by atoms with Crippen molar-refractivity contribution in [2.45, 2.75) is 25.8 Å². The van der Waals surface area contributed by atoms with Crippen molar-refractivity contribution in [2.24, 2.45) is 5.73 Å². The number of ketones is 1. The van der Waals surface area contributed by atoms with Crippen molar-refractivity contribution in [2.75, 3.05) is 18.0 Å². The number of Topliss-reactive ketones (excluding diaryl/α,β-unsaturated/α-hetero) is 1. The number of carbonyl (C=O) groups is 1. The number of pyridine rings is 1. The van der Waals surface area contributed by atoms with Gasteiger partial charge in [0.15, 0.2) is 5.78 Å². The van der Waals surface area contributed by atoms with Crippen LogP contribution in [0.25, 0.3) is 10.9 Å². The van der Waals surface area contributed by atoms with Crippen LogP contribution in [0.1, 0.15) is 30.1 Å². The molecule has 5 heteroatoms.